The largest absolute Gasteiger partial charge is 0.496 e. The topological polar surface area (TPSA) is 109 Å². The van der Waals surface area contributed by atoms with Gasteiger partial charge in [-0.25, -0.2) is 9.37 Å². The molecule has 2 aromatic heterocycles. The molecule has 170 valence electrons. The van der Waals surface area contributed by atoms with Crippen molar-refractivity contribution < 1.29 is 13.9 Å². The summed E-state index contributed by atoms with van der Waals surface area (Å²) in [5.41, 5.74) is 17.2. The summed E-state index contributed by atoms with van der Waals surface area (Å²) in [6.07, 6.45) is 4.70. The highest BCUT2D eigenvalue weighted by Crippen LogP contribution is 2.38. The van der Waals surface area contributed by atoms with Gasteiger partial charge in [-0.2, -0.15) is 0 Å². The van der Waals surface area contributed by atoms with Gasteiger partial charge in [-0.15, -0.1) is 0 Å². The van der Waals surface area contributed by atoms with Crippen LogP contribution < -0.4 is 20.9 Å². The van der Waals surface area contributed by atoms with E-state index in [-0.39, 0.29) is 11.6 Å². The van der Waals surface area contributed by atoms with Crippen molar-refractivity contribution in [2.24, 2.45) is 10.7 Å². The summed E-state index contributed by atoms with van der Waals surface area (Å²) in [5, 5.41) is 0. The molecule has 4 N–H and O–H groups in total. The van der Waals surface area contributed by atoms with Crippen molar-refractivity contribution in [3.63, 3.8) is 0 Å². The minimum Gasteiger partial charge on any atom is -0.496 e. The summed E-state index contributed by atoms with van der Waals surface area (Å²) in [4.78, 5) is 13.6. The van der Waals surface area contributed by atoms with Gasteiger partial charge in [0.1, 0.15) is 17.7 Å². The van der Waals surface area contributed by atoms with Crippen molar-refractivity contribution in [3.05, 3.63) is 77.0 Å². The number of aromatic nitrogens is 2. The number of halogens is 1. The fourth-order valence-corrected chi connectivity index (χ4v) is 4.04. The summed E-state index contributed by atoms with van der Waals surface area (Å²) in [7, 11) is 1.60. The Bertz CT molecular complexity index is 1260. The Kier molecular flexibility index (Phi) is 6.26. The average Bonchev–Trinajstić information content (AvgIpc) is 2.82. The molecule has 4 rings (SSSR count). The van der Waals surface area contributed by atoms with E-state index in [4.69, 9.17) is 25.9 Å². The second-order valence-electron chi connectivity index (χ2n) is 7.63. The maximum Gasteiger partial charge on any atom is 0.166 e. The van der Waals surface area contributed by atoms with Crippen molar-refractivity contribution in [2.45, 2.75) is 26.4 Å². The van der Waals surface area contributed by atoms with Crippen LogP contribution in [-0.2, 0) is 6.42 Å². The molecule has 7 nitrogen and oxygen atoms in total. The summed E-state index contributed by atoms with van der Waals surface area (Å²) in [6, 6.07) is 8.14. The Hall–Kier alpha value is -3.94. The molecular formula is C25H26FN5O2. The smallest absolute Gasteiger partial charge is 0.166 e. The third-order valence-electron chi connectivity index (χ3n) is 5.59. The Labute approximate surface area is 192 Å². The van der Waals surface area contributed by atoms with Crippen molar-refractivity contribution in [1.82, 2.24) is 9.97 Å². The highest BCUT2D eigenvalue weighted by atomic mass is 19.1. The second-order valence-corrected chi connectivity index (χ2v) is 7.63. The number of allylic oxidation sites excluding steroid dienone is 1. The number of aliphatic imine (C=N–C) groups is 1. The van der Waals surface area contributed by atoms with Gasteiger partial charge in [0.15, 0.2) is 11.6 Å². The van der Waals surface area contributed by atoms with E-state index < -0.39 is 6.10 Å². The molecule has 0 spiro atoms. The van der Waals surface area contributed by atoms with Crippen LogP contribution in [0.25, 0.3) is 11.3 Å². The lowest BCUT2D eigenvalue weighted by Crippen LogP contribution is -2.15. The number of benzene rings is 1. The highest BCUT2D eigenvalue weighted by molar-refractivity contribution is 6.13. The maximum absolute atomic E-state index is 14.3. The standard InChI is InChI=1S/C25H26FN5O2/c1-4-29-23-15(12-27)9-20-21(32-3)7-8-30-24(20)18-6-5-17(26)11-19(18)14(2)33-22-10-16(23)13-31-25(22)28/h5-8,10-14H,4,9,27H2,1-3H3,(H2,28,31). The minimum atomic E-state index is -0.536. The number of nitrogens with zero attached hydrogens (tertiary/aromatic N) is 3. The molecule has 2 bridgehead atoms. The third-order valence-corrected chi connectivity index (χ3v) is 5.59. The van der Waals surface area contributed by atoms with Gasteiger partial charge in [0.05, 0.1) is 18.5 Å². The van der Waals surface area contributed by atoms with Gasteiger partial charge in [-0.05, 0) is 56.0 Å². The first-order chi connectivity index (χ1) is 16.0. The molecule has 0 saturated heterocycles. The molecule has 8 heteroatoms. The maximum atomic E-state index is 14.3. The van der Waals surface area contributed by atoms with Gasteiger partial charge < -0.3 is 20.9 Å². The highest BCUT2D eigenvalue weighted by Gasteiger charge is 2.24. The lowest BCUT2D eigenvalue weighted by molar-refractivity contribution is 0.227. The van der Waals surface area contributed by atoms with Crippen molar-refractivity contribution in [1.29, 1.82) is 0 Å². The fourth-order valence-electron chi connectivity index (χ4n) is 4.04. The number of anilines is 1. The number of hydrogen-bond acceptors (Lipinski definition) is 7. The van der Waals surface area contributed by atoms with Gasteiger partial charge in [-0.3, -0.25) is 9.98 Å². The van der Waals surface area contributed by atoms with Crippen LogP contribution in [-0.4, -0.2) is 29.3 Å². The molecule has 3 heterocycles. The number of fused-ring (bicyclic) bond motifs is 5. The second kappa shape index (κ2) is 9.28. The van der Waals surface area contributed by atoms with Gasteiger partial charge in [0, 0.05) is 47.6 Å². The summed E-state index contributed by atoms with van der Waals surface area (Å²) in [6.45, 7) is 4.33. The van der Waals surface area contributed by atoms with Crippen molar-refractivity contribution >= 4 is 11.5 Å². The molecule has 0 amide bonds. The normalized spacial score (nSPS) is 18.0. The zero-order valence-electron chi connectivity index (χ0n) is 18.8. The molecule has 3 aromatic rings. The Morgan fingerprint density at radius 3 is 2.82 bits per heavy atom. The molecule has 0 saturated carbocycles. The lowest BCUT2D eigenvalue weighted by Gasteiger charge is -2.23. The van der Waals surface area contributed by atoms with Crippen LogP contribution in [0.1, 0.15) is 36.6 Å². The number of methoxy groups -OCH3 is 1. The first-order valence-electron chi connectivity index (χ1n) is 10.7. The van der Waals surface area contributed by atoms with Gasteiger partial charge in [0.2, 0.25) is 0 Å². The fraction of sp³-hybridized carbons (Fsp3) is 0.240. The number of hydrogen-bond donors (Lipinski definition) is 2. The molecule has 1 aliphatic heterocycles. The van der Waals surface area contributed by atoms with Gasteiger partial charge in [0.25, 0.3) is 0 Å². The third kappa shape index (κ3) is 4.24. The molecule has 0 radical (unpaired) electrons. The number of pyridine rings is 2. The minimum absolute atomic E-state index is 0.231. The van der Waals surface area contributed by atoms with Crippen LogP contribution in [0.2, 0.25) is 0 Å². The number of nitrogens with two attached hydrogens (primary N) is 2. The SMILES string of the molecule is CCN=C1C(=CN)Cc2c(OC)ccnc2-c2ccc(F)cc2C(C)Oc2cc1cnc2N. The monoisotopic (exact) mass is 447 g/mol. The molecule has 1 aromatic carbocycles. The van der Waals surface area contributed by atoms with Crippen molar-refractivity contribution in [2.75, 3.05) is 19.4 Å². The Balaban J connectivity index is 2.05. The number of nitrogen functional groups attached to an aromatic ring is 1. The summed E-state index contributed by atoms with van der Waals surface area (Å²) >= 11 is 0. The zero-order valence-corrected chi connectivity index (χ0v) is 18.8. The molecule has 1 unspecified atom stereocenters. The van der Waals surface area contributed by atoms with Crippen LogP contribution in [0.5, 0.6) is 11.5 Å². The first-order valence-corrected chi connectivity index (χ1v) is 10.7. The average molecular weight is 448 g/mol. The molecular weight excluding hydrogens is 421 g/mol. The first kappa shape index (κ1) is 22.3. The quantitative estimate of drug-likeness (QED) is 0.609. The number of ether oxygens (including phenoxy) is 2. The zero-order chi connectivity index (χ0) is 23.5. The van der Waals surface area contributed by atoms with Crippen molar-refractivity contribution in [3.8, 4) is 22.8 Å². The molecule has 0 aliphatic carbocycles. The molecule has 1 atom stereocenters. The number of rotatable bonds is 2. The molecule has 1 aliphatic rings. The van der Waals surface area contributed by atoms with Crippen LogP contribution in [0.15, 0.2) is 59.5 Å². The van der Waals surface area contributed by atoms with Gasteiger partial charge in [-0.1, -0.05) is 0 Å². The Morgan fingerprint density at radius 2 is 2.09 bits per heavy atom. The van der Waals surface area contributed by atoms with E-state index >= 15 is 0 Å². The predicted octanol–water partition coefficient (Wildman–Crippen LogP) is 4.22. The van der Waals surface area contributed by atoms with E-state index in [9.17, 15) is 4.39 Å². The summed E-state index contributed by atoms with van der Waals surface area (Å²) in [5.74, 6) is 0.887. The van der Waals surface area contributed by atoms with E-state index in [0.717, 1.165) is 22.3 Å². The van der Waals surface area contributed by atoms with E-state index in [0.29, 0.717) is 41.4 Å². The van der Waals surface area contributed by atoms with E-state index in [1.54, 1.807) is 37.7 Å². The van der Waals surface area contributed by atoms with Crippen LogP contribution in [0, 0.1) is 5.82 Å². The molecule has 33 heavy (non-hydrogen) atoms. The van der Waals surface area contributed by atoms with Gasteiger partial charge >= 0.3 is 0 Å². The van der Waals surface area contributed by atoms with E-state index in [1.807, 2.05) is 13.8 Å². The predicted molar refractivity (Wildman–Crippen MR) is 127 cm³/mol. The van der Waals surface area contributed by atoms with E-state index in [2.05, 4.69) is 9.97 Å². The van der Waals surface area contributed by atoms with E-state index in [1.165, 1.54) is 18.3 Å². The van der Waals surface area contributed by atoms with Crippen LogP contribution in [0.4, 0.5) is 10.2 Å². The van der Waals surface area contributed by atoms with Crippen LogP contribution in [0.3, 0.4) is 0 Å². The molecule has 0 fully saturated rings. The Morgan fingerprint density at radius 1 is 1.27 bits per heavy atom. The summed E-state index contributed by atoms with van der Waals surface area (Å²) < 4.78 is 26.2. The lowest BCUT2D eigenvalue weighted by atomic mass is 9.91. The van der Waals surface area contributed by atoms with Crippen LogP contribution >= 0.6 is 0 Å².